The minimum Gasteiger partial charge on any atom is -0.493 e. The van der Waals surface area contributed by atoms with E-state index >= 15 is 0 Å². The van der Waals surface area contributed by atoms with Crippen LogP contribution in [0.4, 0.5) is 0 Å². The Kier molecular flexibility index (Phi) is 4.90. The molecule has 0 aliphatic heterocycles. The molecule has 0 heterocycles. The van der Waals surface area contributed by atoms with E-state index in [2.05, 4.69) is 12.1 Å². The van der Waals surface area contributed by atoms with E-state index in [1.807, 2.05) is 25.2 Å². The van der Waals surface area contributed by atoms with Crippen molar-refractivity contribution in [3.8, 4) is 17.6 Å². The predicted molar refractivity (Wildman–Crippen MR) is 93.5 cm³/mol. The Bertz CT molecular complexity index is 826. The number of hydrogen-bond acceptors (Lipinski definition) is 4. The summed E-state index contributed by atoms with van der Waals surface area (Å²) in [5.41, 5.74) is 3.01. The molecule has 2 aromatic rings. The second-order valence-corrected chi connectivity index (χ2v) is 6.02. The van der Waals surface area contributed by atoms with Crippen LogP contribution in [-0.2, 0) is 11.2 Å². The van der Waals surface area contributed by atoms with Crippen molar-refractivity contribution in [3.05, 3.63) is 59.2 Å². The average Bonchev–Trinajstić information content (AvgIpc) is 3.09. The number of aryl methyl sites for hydroxylation is 1. The predicted octanol–water partition coefficient (Wildman–Crippen LogP) is 3.09. The van der Waals surface area contributed by atoms with Gasteiger partial charge in [0.15, 0.2) is 18.1 Å². The minimum absolute atomic E-state index is 0.0720. The van der Waals surface area contributed by atoms with Crippen molar-refractivity contribution in [1.82, 2.24) is 4.90 Å². The quantitative estimate of drug-likeness (QED) is 0.842. The van der Waals surface area contributed by atoms with Crippen LogP contribution in [0.5, 0.6) is 11.5 Å². The highest BCUT2D eigenvalue weighted by molar-refractivity contribution is 5.78. The summed E-state index contributed by atoms with van der Waals surface area (Å²) >= 11 is 0. The van der Waals surface area contributed by atoms with Gasteiger partial charge in [0.05, 0.1) is 24.8 Å². The normalized spacial score (nSPS) is 15.2. The maximum absolute atomic E-state index is 12.5. The fourth-order valence-electron chi connectivity index (χ4n) is 3.21. The molecule has 0 N–H and O–H groups in total. The lowest BCUT2D eigenvalue weighted by atomic mass is 10.1. The summed E-state index contributed by atoms with van der Waals surface area (Å²) in [5.74, 6) is 0.809. The Hall–Kier alpha value is -3.00. The molecule has 5 heteroatoms. The van der Waals surface area contributed by atoms with Crippen LogP contribution >= 0.6 is 0 Å². The zero-order chi connectivity index (χ0) is 17.8. The van der Waals surface area contributed by atoms with Crippen molar-refractivity contribution in [2.75, 3.05) is 20.8 Å². The van der Waals surface area contributed by atoms with Gasteiger partial charge in [-0.05, 0) is 36.1 Å². The topological polar surface area (TPSA) is 62.6 Å². The van der Waals surface area contributed by atoms with Crippen molar-refractivity contribution in [2.45, 2.75) is 18.9 Å². The molecule has 25 heavy (non-hydrogen) atoms. The van der Waals surface area contributed by atoms with Crippen LogP contribution in [0.1, 0.15) is 29.2 Å². The summed E-state index contributed by atoms with van der Waals surface area (Å²) in [7, 11) is 3.32. The molecule has 0 aromatic heterocycles. The van der Waals surface area contributed by atoms with Gasteiger partial charge in [0.25, 0.3) is 5.91 Å². The molecule has 1 amide bonds. The largest absolute Gasteiger partial charge is 0.493 e. The van der Waals surface area contributed by atoms with Gasteiger partial charge in [0, 0.05) is 13.1 Å². The van der Waals surface area contributed by atoms with E-state index in [0.29, 0.717) is 17.1 Å². The van der Waals surface area contributed by atoms with Gasteiger partial charge in [-0.25, -0.2) is 0 Å². The first-order valence-corrected chi connectivity index (χ1v) is 8.18. The van der Waals surface area contributed by atoms with Gasteiger partial charge in [0.1, 0.15) is 0 Å². The Morgan fingerprint density at radius 1 is 1.28 bits per heavy atom. The first kappa shape index (κ1) is 16.8. The number of carbonyl (C=O) groups is 1. The Labute approximate surface area is 147 Å². The number of amides is 1. The summed E-state index contributed by atoms with van der Waals surface area (Å²) in [5, 5.41) is 8.93. The summed E-state index contributed by atoms with van der Waals surface area (Å²) in [6.07, 6.45) is 1.92. The molecule has 1 unspecified atom stereocenters. The molecule has 0 fully saturated rings. The molecule has 0 saturated carbocycles. The summed E-state index contributed by atoms with van der Waals surface area (Å²) < 4.78 is 10.9. The number of benzene rings is 2. The SMILES string of the molecule is COc1cc(C#N)ccc1OCC(=O)N(C)C1CCc2ccccc21. The van der Waals surface area contributed by atoms with Crippen LogP contribution in [0, 0.1) is 11.3 Å². The molecule has 5 nitrogen and oxygen atoms in total. The number of hydrogen-bond donors (Lipinski definition) is 0. The average molecular weight is 336 g/mol. The molecule has 0 spiro atoms. The number of likely N-dealkylation sites (N-methyl/N-ethyl adjacent to an activating group) is 1. The molecular formula is C20H20N2O3. The van der Waals surface area contributed by atoms with Crippen LogP contribution in [0.15, 0.2) is 42.5 Å². The smallest absolute Gasteiger partial charge is 0.260 e. The lowest BCUT2D eigenvalue weighted by molar-refractivity contribution is -0.134. The lowest BCUT2D eigenvalue weighted by Crippen LogP contribution is -2.34. The molecule has 1 atom stereocenters. The summed E-state index contributed by atoms with van der Waals surface area (Å²) in [6, 6.07) is 15.3. The van der Waals surface area contributed by atoms with E-state index in [0.717, 1.165) is 12.8 Å². The van der Waals surface area contributed by atoms with Crippen molar-refractivity contribution in [2.24, 2.45) is 0 Å². The number of methoxy groups -OCH3 is 1. The highest BCUT2D eigenvalue weighted by Crippen LogP contribution is 2.35. The third-order valence-corrected chi connectivity index (χ3v) is 4.61. The van der Waals surface area contributed by atoms with Gasteiger partial charge < -0.3 is 14.4 Å². The van der Waals surface area contributed by atoms with E-state index in [1.165, 1.54) is 18.2 Å². The summed E-state index contributed by atoms with van der Waals surface area (Å²) in [6.45, 7) is -0.0720. The van der Waals surface area contributed by atoms with E-state index in [-0.39, 0.29) is 18.6 Å². The summed E-state index contributed by atoms with van der Waals surface area (Å²) in [4.78, 5) is 14.3. The highest BCUT2D eigenvalue weighted by atomic mass is 16.5. The third-order valence-electron chi connectivity index (χ3n) is 4.61. The number of nitriles is 1. The zero-order valence-corrected chi connectivity index (χ0v) is 14.4. The monoisotopic (exact) mass is 336 g/mol. The van der Waals surface area contributed by atoms with Gasteiger partial charge in [-0.3, -0.25) is 4.79 Å². The molecule has 1 aliphatic rings. The molecule has 3 rings (SSSR count). The lowest BCUT2D eigenvalue weighted by Gasteiger charge is -2.25. The van der Waals surface area contributed by atoms with Crippen molar-refractivity contribution >= 4 is 5.91 Å². The number of ether oxygens (including phenoxy) is 2. The van der Waals surface area contributed by atoms with E-state index in [1.54, 1.807) is 23.1 Å². The maximum atomic E-state index is 12.5. The van der Waals surface area contributed by atoms with Gasteiger partial charge in [-0.2, -0.15) is 5.26 Å². The second-order valence-electron chi connectivity index (χ2n) is 6.02. The molecule has 1 aliphatic carbocycles. The number of nitrogens with zero attached hydrogens (tertiary/aromatic N) is 2. The van der Waals surface area contributed by atoms with Gasteiger partial charge in [-0.1, -0.05) is 24.3 Å². The van der Waals surface area contributed by atoms with E-state index < -0.39 is 0 Å². The first-order chi connectivity index (χ1) is 12.1. The maximum Gasteiger partial charge on any atom is 0.260 e. The van der Waals surface area contributed by atoms with Crippen LogP contribution in [0.3, 0.4) is 0 Å². The molecule has 0 saturated heterocycles. The van der Waals surface area contributed by atoms with Crippen molar-refractivity contribution in [3.63, 3.8) is 0 Å². The fraction of sp³-hybridized carbons (Fsp3) is 0.300. The molecule has 0 radical (unpaired) electrons. The van der Waals surface area contributed by atoms with Crippen molar-refractivity contribution in [1.29, 1.82) is 5.26 Å². The van der Waals surface area contributed by atoms with Gasteiger partial charge in [0.2, 0.25) is 0 Å². The molecule has 0 bridgehead atoms. The van der Waals surface area contributed by atoms with Gasteiger partial charge in [-0.15, -0.1) is 0 Å². The molecular weight excluding hydrogens is 316 g/mol. The van der Waals surface area contributed by atoms with Crippen LogP contribution in [-0.4, -0.2) is 31.6 Å². The Morgan fingerprint density at radius 3 is 2.84 bits per heavy atom. The van der Waals surface area contributed by atoms with Gasteiger partial charge >= 0.3 is 0 Å². The molecule has 2 aromatic carbocycles. The Balaban J connectivity index is 1.66. The zero-order valence-electron chi connectivity index (χ0n) is 14.4. The number of fused-ring (bicyclic) bond motifs is 1. The van der Waals surface area contributed by atoms with Crippen LogP contribution in [0.2, 0.25) is 0 Å². The minimum atomic E-state index is -0.0897. The number of carbonyl (C=O) groups excluding carboxylic acids is 1. The van der Waals surface area contributed by atoms with Crippen LogP contribution in [0.25, 0.3) is 0 Å². The van der Waals surface area contributed by atoms with E-state index in [4.69, 9.17) is 14.7 Å². The molecule has 128 valence electrons. The second kappa shape index (κ2) is 7.27. The van der Waals surface area contributed by atoms with Crippen molar-refractivity contribution < 1.29 is 14.3 Å². The number of rotatable bonds is 5. The first-order valence-electron chi connectivity index (χ1n) is 8.18. The van der Waals surface area contributed by atoms with Crippen LogP contribution < -0.4 is 9.47 Å². The van der Waals surface area contributed by atoms with E-state index in [9.17, 15) is 4.79 Å². The standard InChI is InChI=1S/C20H20N2O3/c1-22(17-9-8-15-5-3-4-6-16(15)17)20(23)13-25-18-10-7-14(12-21)11-19(18)24-2/h3-7,10-11,17H,8-9,13H2,1-2H3. The third kappa shape index (κ3) is 3.43. The Morgan fingerprint density at radius 2 is 2.08 bits per heavy atom. The highest BCUT2D eigenvalue weighted by Gasteiger charge is 2.28. The fourth-order valence-corrected chi connectivity index (χ4v) is 3.21.